The van der Waals surface area contributed by atoms with Crippen LogP contribution in [0.5, 0.6) is 5.75 Å². The van der Waals surface area contributed by atoms with Crippen molar-refractivity contribution in [3.63, 3.8) is 0 Å². The summed E-state index contributed by atoms with van der Waals surface area (Å²) in [6, 6.07) is 10.5. The van der Waals surface area contributed by atoms with Gasteiger partial charge in [0.05, 0.1) is 6.61 Å². The third-order valence-electron chi connectivity index (χ3n) is 3.37. The van der Waals surface area contributed by atoms with E-state index >= 15 is 0 Å². The minimum absolute atomic E-state index is 0.0707. The highest BCUT2D eigenvalue weighted by Crippen LogP contribution is 2.16. The normalized spacial score (nSPS) is 10.5. The van der Waals surface area contributed by atoms with Crippen molar-refractivity contribution in [1.29, 1.82) is 0 Å². The highest BCUT2D eigenvalue weighted by molar-refractivity contribution is 6.29. The zero-order chi connectivity index (χ0) is 15.8. The van der Waals surface area contributed by atoms with Crippen LogP contribution >= 0.6 is 11.6 Å². The fourth-order valence-corrected chi connectivity index (χ4v) is 2.21. The number of benzene rings is 1. The van der Waals surface area contributed by atoms with E-state index in [0.717, 1.165) is 12.2 Å². The molecule has 0 aliphatic heterocycles. The van der Waals surface area contributed by atoms with Crippen molar-refractivity contribution in [2.45, 2.75) is 32.6 Å². The molecule has 2 aromatic rings. The lowest BCUT2D eigenvalue weighted by Crippen LogP contribution is -2.02. The SMILES string of the molecule is CCCCCCOc1ccc(C(=O)c2ccc(Cl)nc2)cc1. The molecule has 0 atom stereocenters. The maximum absolute atomic E-state index is 12.3. The van der Waals surface area contributed by atoms with Crippen LogP contribution in [0.4, 0.5) is 0 Å². The van der Waals surface area contributed by atoms with Gasteiger partial charge in [-0.2, -0.15) is 0 Å². The van der Waals surface area contributed by atoms with E-state index in [1.807, 2.05) is 12.1 Å². The van der Waals surface area contributed by atoms with Gasteiger partial charge in [-0.25, -0.2) is 4.98 Å². The molecule has 116 valence electrons. The molecular formula is C18H20ClNO2. The number of pyridine rings is 1. The molecule has 1 aromatic carbocycles. The third kappa shape index (κ3) is 4.85. The van der Waals surface area contributed by atoms with Crippen molar-refractivity contribution < 1.29 is 9.53 Å². The summed E-state index contributed by atoms with van der Waals surface area (Å²) in [5.41, 5.74) is 1.14. The van der Waals surface area contributed by atoms with Gasteiger partial charge in [0, 0.05) is 17.3 Å². The summed E-state index contributed by atoms with van der Waals surface area (Å²) < 4.78 is 5.67. The van der Waals surface area contributed by atoms with Crippen LogP contribution in [-0.2, 0) is 0 Å². The fourth-order valence-electron chi connectivity index (χ4n) is 2.10. The number of aromatic nitrogens is 1. The lowest BCUT2D eigenvalue weighted by atomic mass is 10.1. The summed E-state index contributed by atoms with van der Waals surface area (Å²) in [4.78, 5) is 16.2. The average Bonchev–Trinajstić information content (AvgIpc) is 2.55. The maximum atomic E-state index is 12.3. The van der Waals surface area contributed by atoms with Gasteiger partial charge in [0.15, 0.2) is 5.78 Å². The predicted octanol–water partition coefficient (Wildman–Crippen LogP) is 4.93. The topological polar surface area (TPSA) is 39.2 Å². The standard InChI is InChI=1S/C18H20ClNO2/c1-2-3-4-5-12-22-16-9-6-14(7-10-16)18(21)15-8-11-17(19)20-13-15/h6-11,13H,2-5,12H2,1H3. The zero-order valence-electron chi connectivity index (χ0n) is 12.7. The first-order valence-corrected chi connectivity index (χ1v) is 7.97. The Bertz CT molecular complexity index is 593. The van der Waals surface area contributed by atoms with Gasteiger partial charge < -0.3 is 4.74 Å². The predicted molar refractivity (Wildman–Crippen MR) is 88.8 cm³/mol. The molecule has 4 heteroatoms. The Labute approximate surface area is 136 Å². The summed E-state index contributed by atoms with van der Waals surface area (Å²) in [5.74, 6) is 0.723. The second-order valence-corrected chi connectivity index (χ2v) is 5.52. The molecule has 0 saturated heterocycles. The van der Waals surface area contributed by atoms with Crippen LogP contribution in [0, 0.1) is 0 Å². The van der Waals surface area contributed by atoms with Gasteiger partial charge in [-0.1, -0.05) is 37.8 Å². The van der Waals surface area contributed by atoms with Crippen molar-refractivity contribution in [3.8, 4) is 5.75 Å². The van der Waals surface area contributed by atoms with Crippen LogP contribution in [0.2, 0.25) is 5.15 Å². The second-order valence-electron chi connectivity index (χ2n) is 5.13. The molecular weight excluding hydrogens is 298 g/mol. The lowest BCUT2D eigenvalue weighted by molar-refractivity contribution is 0.103. The van der Waals surface area contributed by atoms with Crippen LogP contribution in [0.15, 0.2) is 42.6 Å². The summed E-state index contributed by atoms with van der Waals surface area (Å²) >= 11 is 5.72. The zero-order valence-corrected chi connectivity index (χ0v) is 13.5. The molecule has 0 fully saturated rings. The van der Waals surface area contributed by atoms with Crippen molar-refractivity contribution in [3.05, 3.63) is 58.9 Å². The molecule has 1 aromatic heterocycles. The van der Waals surface area contributed by atoms with Gasteiger partial charge in [-0.05, 0) is 42.8 Å². The number of ketones is 1. The number of halogens is 1. The Morgan fingerprint density at radius 1 is 1.05 bits per heavy atom. The quantitative estimate of drug-likeness (QED) is 0.394. The van der Waals surface area contributed by atoms with Crippen molar-refractivity contribution in [2.24, 2.45) is 0 Å². The molecule has 0 N–H and O–H groups in total. The smallest absolute Gasteiger partial charge is 0.194 e. The summed E-state index contributed by atoms with van der Waals surface area (Å²) in [6.07, 6.45) is 6.20. The van der Waals surface area contributed by atoms with Gasteiger partial charge in [-0.3, -0.25) is 4.79 Å². The van der Waals surface area contributed by atoms with Gasteiger partial charge in [0.2, 0.25) is 0 Å². The highest BCUT2D eigenvalue weighted by atomic mass is 35.5. The number of carbonyl (C=O) groups is 1. The second kappa shape index (κ2) is 8.54. The number of hydrogen-bond acceptors (Lipinski definition) is 3. The van der Waals surface area contributed by atoms with Gasteiger partial charge >= 0.3 is 0 Å². The molecule has 0 aliphatic carbocycles. The highest BCUT2D eigenvalue weighted by Gasteiger charge is 2.09. The summed E-state index contributed by atoms with van der Waals surface area (Å²) in [7, 11) is 0. The summed E-state index contributed by atoms with van der Waals surface area (Å²) in [5, 5.41) is 0.378. The monoisotopic (exact) mass is 317 g/mol. The molecule has 0 spiro atoms. The first-order valence-electron chi connectivity index (χ1n) is 7.60. The molecule has 1 heterocycles. The number of hydrogen-bond donors (Lipinski definition) is 0. The van der Waals surface area contributed by atoms with E-state index in [0.29, 0.717) is 22.9 Å². The Hall–Kier alpha value is -1.87. The molecule has 22 heavy (non-hydrogen) atoms. The third-order valence-corrected chi connectivity index (χ3v) is 3.60. The molecule has 0 bridgehead atoms. The van der Waals surface area contributed by atoms with Gasteiger partial charge in [0.1, 0.15) is 10.9 Å². The molecule has 3 nitrogen and oxygen atoms in total. The Kier molecular flexibility index (Phi) is 6.41. The molecule has 2 rings (SSSR count). The maximum Gasteiger partial charge on any atom is 0.194 e. The number of carbonyl (C=O) groups excluding carboxylic acids is 1. The number of rotatable bonds is 8. The molecule has 0 unspecified atom stereocenters. The molecule has 0 saturated carbocycles. The van der Waals surface area contributed by atoms with E-state index in [-0.39, 0.29) is 5.78 Å². The fraction of sp³-hybridized carbons (Fsp3) is 0.333. The lowest BCUT2D eigenvalue weighted by Gasteiger charge is -2.07. The number of nitrogens with zero attached hydrogens (tertiary/aromatic N) is 1. The van der Waals surface area contributed by atoms with E-state index in [1.54, 1.807) is 24.3 Å². The van der Waals surface area contributed by atoms with Crippen LogP contribution in [0.3, 0.4) is 0 Å². The van der Waals surface area contributed by atoms with Crippen molar-refractivity contribution >= 4 is 17.4 Å². The molecule has 0 amide bonds. The Morgan fingerprint density at radius 2 is 1.77 bits per heavy atom. The van der Waals surface area contributed by atoms with Crippen LogP contribution in [0.1, 0.15) is 48.5 Å². The van der Waals surface area contributed by atoms with E-state index in [2.05, 4.69) is 11.9 Å². The van der Waals surface area contributed by atoms with Crippen LogP contribution in [0.25, 0.3) is 0 Å². The van der Waals surface area contributed by atoms with E-state index in [4.69, 9.17) is 16.3 Å². The minimum Gasteiger partial charge on any atom is -0.494 e. The van der Waals surface area contributed by atoms with Crippen LogP contribution in [-0.4, -0.2) is 17.4 Å². The van der Waals surface area contributed by atoms with Gasteiger partial charge in [0.25, 0.3) is 0 Å². The Balaban J connectivity index is 1.91. The first kappa shape index (κ1) is 16.5. The largest absolute Gasteiger partial charge is 0.494 e. The Morgan fingerprint density at radius 3 is 2.41 bits per heavy atom. The number of ether oxygens (including phenoxy) is 1. The van der Waals surface area contributed by atoms with Crippen LogP contribution < -0.4 is 4.74 Å². The van der Waals surface area contributed by atoms with E-state index in [9.17, 15) is 4.79 Å². The molecule has 0 radical (unpaired) electrons. The van der Waals surface area contributed by atoms with Gasteiger partial charge in [-0.15, -0.1) is 0 Å². The molecule has 0 aliphatic rings. The first-order chi connectivity index (χ1) is 10.7. The van der Waals surface area contributed by atoms with E-state index < -0.39 is 0 Å². The average molecular weight is 318 g/mol. The van der Waals surface area contributed by atoms with E-state index in [1.165, 1.54) is 25.5 Å². The summed E-state index contributed by atoms with van der Waals surface area (Å²) in [6.45, 7) is 2.90. The van der Waals surface area contributed by atoms with Crippen molar-refractivity contribution in [2.75, 3.05) is 6.61 Å². The van der Waals surface area contributed by atoms with Crippen molar-refractivity contribution in [1.82, 2.24) is 4.98 Å². The number of unbranched alkanes of at least 4 members (excludes halogenated alkanes) is 3. The minimum atomic E-state index is -0.0707.